The van der Waals surface area contributed by atoms with Crippen molar-refractivity contribution in [1.82, 2.24) is 10.2 Å². The lowest BCUT2D eigenvalue weighted by molar-refractivity contribution is -0.135. The highest BCUT2D eigenvalue weighted by molar-refractivity contribution is 6.10. The fourth-order valence-corrected chi connectivity index (χ4v) is 4.42. The fraction of sp³-hybridized carbons (Fsp3) is 0.545. The van der Waals surface area contributed by atoms with Crippen LogP contribution in [0.3, 0.4) is 0 Å². The van der Waals surface area contributed by atoms with Gasteiger partial charge in [0.15, 0.2) is 0 Å². The van der Waals surface area contributed by atoms with Gasteiger partial charge in [-0.05, 0) is 56.1 Å². The molecule has 2 fully saturated rings. The predicted molar refractivity (Wildman–Crippen MR) is 113 cm³/mol. The van der Waals surface area contributed by atoms with Gasteiger partial charge in [-0.2, -0.15) is 0 Å². The van der Waals surface area contributed by atoms with Gasteiger partial charge in [-0.3, -0.25) is 19.3 Å². The Morgan fingerprint density at radius 3 is 2.42 bits per heavy atom. The monoisotopic (exact) mass is 432 g/mol. The third kappa shape index (κ3) is 4.40. The van der Waals surface area contributed by atoms with E-state index in [0.29, 0.717) is 18.8 Å². The lowest BCUT2D eigenvalue weighted by Crippen LogP contribution is -2.51. The molecule has 3 rings (SSSR count). The third-order valence-electron chi connectivity index (χ3n) is 6.51. The Kier molecular flexibility index (Phi) is 5.82. The molecule has 1 heterocycles. The molecule has 1 aromatic rings. The van der Waals surface area contributed by atoms with E-state index in [9.17, 15) is 23.6 Å². The summed E-state index contributed by atoms with van der Waals surface area (Å²) in [7, 11) is 0. The minimum atomic E-state index is -0.965. The van der Waals surface area contributed by atoms with Gasteiger partial charge >= 0.3 is 6.03 Å². The Balaban J connectivity index is 1.70. The average molecular weight is 432 g/mol. The first kappa shape index (κ1) is 22.7. The van der Waals surface area contributed by atoms with Gasteiger partial charge in [-0.25, -0.2) is 9.18 Å². The van der Waals surface area contributed by atoms with Crippen LogP contribution in [0.2, 0.25) is 0 Å². The van der Waals surface area contributed by atoms with Gasteiger partial charge in [-0.15, -0.1) is 0 Å². The van der Waals surface area contributed by atoms with Crippen molar-refractivity contribution in [3.8, 4) is 0 Å². The minimum Gasteiger partial charge on any atom is -0.366 e. The van der Waals surface area contributed by atoms with Crippen LogP contribution in [0.1, 0.15) is 62.4 Å². The summed E-state index contributed by atoms with van der Waals surface area (Å²) >= 11 is 0. The fourth-order valence-electron chi connectivity index (χ4n) is 4.42. The van der Waals surface area contributed by atoms with E-state index in [1.54, 1.807) is 0 Å². The summed E-state index contributed by atoms with van der Waals surface area (Å²) in [5.41, 5.74) is 4.44. The molecule has 0 radical (unpaired) electrons. The molecule has 9 heteroatoms. The Labute approximate surface area is 180 Å². The SMILES string of the molecule is Cc1c(F)cc(C(N)=O)cc1NC(=O)CN1C(=O)NC2(CCC(C(C)(C)C)CC2)C1=O. The molecule has 0 bridgehead atoms. The molecule has 31 heavy (non-hydrogen) atoms. The smallest absolute Gasteiger partial charge is 0.325 e. The second-order valence-electron chi connectivity index (χ2n) is 9.59. The highest BCUT2D eigenvalue weighted by Crippen LogP contribution is 2.43. The number of urea groups is 1. The van der Waals surface area contributed by atoms with Gasteiger partial charge < -0.3 is 16.4 Å². The van der Waals surface area contributed by atoms with Crippen LogP contribution >= 0.6 is 0 Å². The lowest BCUT2D eigenvalue weighted by Gasteiger charge is -2.40. The maximum atomic E-state index is 14.0. The van der Waals surface area contributed by atoms with E-state index >= 15 is 0 Å². The van der Waals surface area contributed by atoms with Crippen LogP contribution in [-0.2, 0) is 9.59 Å². The number of nitrogens with one attached hydrogen (secondary N) is 2. The van der Waals surface area contributed by atoms with Crippen molar-refractivity contribution >= 4 is 29.4 Å². The quantitative estimate of drug-likeness (QED) is 0.633. The maximum absolute atomic E-state index is 14.0. The Hall–Kier alpha value is -2.97. The Morgan fingerprint density at radius 2 is 1.87 bits per heavy atom. The molecular weight excluding hydrogens is 403 g/mol. The van der Waals surface area contributed by atoms with Gasteiger partial charge in [0, 0.05) is 16.8 Å². The molecule has 1 aliphatic heterocycles. The molecule has 5 amide bonds. The number of hydrogen-bond donors (Lipinski definition) is 3. The van der Waals surface area contributed by atoms with Crippen LogP contribution in [0.5, 0.6) is 0 Å². The summed E-state index contributed by atoms with van der Waals surface area (Å²) in [6.45, 7) is 7.43. The zero-order valence-corrected chi connectivity index (χ0v) is 18.3. The highest BCUT2D eigenvalue weighted by Gasteiger charge is 2.53. The first-order valence-electron chi connectivity index (χ1n) is 10.4. The first-order valence-corrected chi connectivity index (χ1v) is 10.4. The van der Waals surface area contributed by atoms with Crippen LogP contribution in [0.4, 0.5) is 14.9 Å². The molecule has 1 aliphatic carbocycles. The lowest BCUT2D eigenvalue weighted by atomic mass is 9.67. The molecule has 4 N–H and O–H groups in total. The highest BCUT2D eigenvalue weighted by atomic mass is 19.1. The molecule has 168 valence electrons. The zero-order valence-electron chi connectivity index (χ0n) is 18.3. The van der Waals surface area contributed by atoms with E-state index < -0.39 is 41.7 Å². The van der Waals surface area contributed by atoms with Crippen LogP contribution in [0, 0.1) is 24.1 Å². The van der Waals surface area contributed by atoms with Gasteiger partial charge in [0.2, 0.25) is 11.8 Å². The van der Waals surface area contributed by atoms with E-state index in [1.807, 2.05) is 0 Å². The molecule has 1 spiro atoms. The summed E-state index contributed by atoms with van der Waals surface area (Å²) in [4.78, 5) is 50.3. The molecule has 1 saturated carbocycles. The van der Waals surface area contributed by atoms with E-state index in [4.69, 9.17) is 5.73 Å². The number of rotatable bonds is 4. The molecule has 1 saturated heterocycles. The Morgan fingerprint density at radius 1 is 1.26 bits per heavy atom. The van der Waals surface area contributed by atoms with E-state index in [-0.39, 0.29) is 22.2 Å². The summed E-state index contributed by atoms with van der Waals surface area (Å²) < 4.78 is 14.0. The van der Waals surface area contributed by atoms with Gasteiger partial charge in [0.25, 0.3) is 5.91 Å². The maximum Gasteiger partial charge on any atom is 0.325 e. The number of carbonyl (C=O) groups is 4. The van der Waals surface area contributed by atoms with Gasteiger partial charge in [0.1, 0.15) is 17.9 Å². The summed E-state index contributed by atoms with van der Waals surface area (Å²) in [5.74, 6) is -2.16. The molecular formula is C22H29FN4O4. The van der Waals surface area contributed by atoms with Crippen molar-refractivity contribution < 1.29 is 23.6 Å². The van der Waals surface area contributed by atoms with Gasteiger partial charge in [-0.1, -0.05) is 20.8 Å². The number of nitrogens with zero attached hydrogens (tertiary/aromatic N) is 1. The number of carbonyl (C=O) groups excluding carboxylic acids is 4. The van der Waals surface area contributed by atoms with Crippen molar-refractivity contribution in [2.75, 3.05) is 11.9 Å². The normalized spacial score (nSPS) is 23.8. The molecule has 2 aliphatic rings. The van der Waals surface area contributed by atoms with Crippen LogP contribution in [0.25, 0.3) is 0 Å². The van der Waals surface area contributed by atoms with E-state index in [1.165, 1.54) is 13.0 Å². The van der Waals surface area contributed by atoms with Crippen molar-refractivity contribution in [2.24, 2.45) is 17.1 Å². The summed E-state index contributed by atoms with van der Waals surface area (Å²) in [6, 6.07) is 1.64. The summed E-state index contributed by atoms with van der Waals surface area (Å²) in [5, 5.41) is 5.26. The number of nitrogens with two attached hydrogens (primary N) is 1. The molecule has 0 aromatic heterocycles. The minimum absolute atomic E-state index is 0.0613. The number of amides is 5. The Bertz CT molecular complexity index is 946. The third-order valence-corrected chi connectivity index (χ3v) is 6.51. The second kappa shape index (κ2) is 7.94. The molecule has 0 atom stereocenters. The van der Waals surface area contributed by atoms with E-state index in [2.05, 4.69) is 31.4 Å². The first-order chi connectivity index (χ1) is 14.3. The number of imide groups is 1. The van der Waals surface area contributed by atoms with Crippen molar-refractivity contribution in [1.29, 1.82) is 0 Å². The van der Waals surface area contributed by atoms with Crippen LogP contribution in [-0.4, -0.2) is 40.7 Å². The van der Waals surface area contributed by atoms with Crippen LogP contribution in [0.15, 0.2) is 12.1 Å². The van der Waals surface area contributed by atoms with Gasteiger partial charge in [0.05, 0.1) is 0 Å². The predicted octanol–water partition coefficient (Wildman–Crippen LogP) is 2.70. The van der Waals surface area contributed by atoms with Crippen molar-refractivity contribution in [2.45, 2.75) is 58.9 Å². The molecule has 1 aromatic carbocycles. The number of anilines is 1. The van der Waals surface area contributed by atoms with Crippen molar-refractivity contribution in [3.05, 3.63) is 29.1 Å². The largest absolute Gasteiger partial charge is 0.366 e. The number of primary amides is 1. The second-order valence-corrected chi connectivity index (χ2v) is 9.59. The summed E-state index contributed by atoms with van der Waals surface area (Å²) in [6.07, 6.45) is 2.69. The average Bonchev–Trinajstić information content (AvgIpc) is 2.88. The standard InChI is InChI=1S/C22H29FN4O4/c1-12-15(23)9-13(18(24)29)10-16(12)25-17(28)11-27-19(30)22(26-20(27)31)7-5-14(6-8-22)21(2,3)4/h9-10,14H,5-8,11H2,1-4H3,(H2,24,29)(H,25,28)(H,26,31). The zero-order chi connectivity index (χ0) is 23.1. The van der Waals surface area contributed by atoms with Crippen LogP contribution < -0.4 is 16.4 Å². The molecule has 0 unspecified atom stereocenters. The van der Waals surface area contributed by atoms with E-state index in [0.717, 1.165) is 23.8 Å². The number of hydrogen-bond acceptors (Lipinski definition) is 4. The number of benzene rings is 1. The molecule has 8 nitrogen and oxygen atoms in total. The van der Waals surface area contributed by atoms with Crippen molar-refractivity contribution in [3.63, 3.8) is 0 Å². The topological polar surface area (TPSA) is 122 Å². The number of halogens is 1.